The van der Waals surface area contributed by atoms with E-state index in [1.165, 1.54) is 24.0 Å². The van der Waals surface area contributed by atoms with Crippen LogP contribution in [0.5, 0.6) is 0 Å². The lowest BCUT2D eigenvalue weighted by Crippen LogP contribution is -2.35. The maximum atomic E-state index is 6.05. The molecular weight excluding hydrogens is 276 g/mol. The minimum Gasteiger partial charge on any atom is -0.379 e. The molecular formula is C17H26N4O. The Hall–Kier alpha value is -1.59. The Kier molecular flexibility index (Phi) is 4.95. The van der Waals surface area contributed by atoms with Crippen molar-refractivity contribution < 1.29 is 4.74 Å². The van der Waals surface area contributed by atoms with E-state index in [-0.39, 0.29) is 0 Å². The van der Waals surface area contributed by atoms with Crippen LogP contribution in [0.4, 0.5) is 0 Å². The monoisotopic (exact) mass is 302 g/mol. The van der Waals surface area contributed by atoms with Gasteiger partial charge in [0.05, 0.1) is 19.8 Å². The first-order chi connectivity index (χ1) is 10.7. The van der Waals surface area contributed by atoms with Crippen LogP contribution in [0, 0.1) is 0 Å². The highest BCUT2D eigenvalue weighted by Gasteiger charge is 2.27. The molecule has 0 unspecified atom stereocenters. The molecule has 0 radical (unpaired) electrons. The first-order valence-corrected chi connectivity index (χ1v) is 8.13. The fourth-order valence-electron chi connectivity index (χ4n) is 2.78. The van der Waals surface area contributed by atoms with Crippen LogP contribution in [0.1, 0.15) is 24.0 Å². The van der Waals surface area contributed by atoms with Crippen molar-refractivity contribution in [1.29, 1.82) is 0 Å². The van der Waals surface area contributed by atoms with Crippen LogP contribution in [0.2, 0.25) is 0 Å². The van der Waals surface area contributed by atoms with Gasteiger partial charge in [0, 0.05) is 32.7 Å². The van der Waals surface area contributed by atoms with E-state index in [9.17, 15) is 0 Å². The summed E-state index contributed by atoms with van der Waals surface area (Å²) >= 11 is 0. The van der Waals surface area contributed by atoms with Gasteiger partial charge >= 0.3 is 0 Å². The zero-order chi connectivity index (χ0) is 15.4. The Morgan fingerprint density at radius 1 is 1.32 bits per heavy atom. The van der Waals surface area contributed by atoms with Gasteiger partial charge < -0.3 is 15.4 Å². The van der Waals surface area contributed by atoms with Crippen LogP contribution in [-0.2, 0) is 17.8 Å². The molecule has 0 spiro atoms. The minimum absolute atomic E-state index is 0.608. The van der Waals surface area contributed by atoms with Crippen LogP contribution in [-0.4, -0.2) is 55.2 Å². The molecule has 5 heteroatoms. The van der Waals surface area contributed by atoms with Gasteiger partial charge in [0.2, 0.25) is 0 Å². The molecule has 1 saturated carbocycles. The van der Waals surface area contributed by atoms with Gasteiger partial charge in [-0.2, -0.15) is 0 Å². The van der Waals surface area contributed by atoms with Gasteiger partial charge in [-0.05, 0) is 24.0 Å². The molecule has 1 saturated heterocycles. The van der Waals surface area contributed by atoms with Crippen molar-refractivity contribution in [3.05, 3.63) is 35.4 Å². The molecule has 3 rings (SSSR count). The number of nitrogens with two attached hydrogens (primary N) is 1. The molecule has 2 aliphatic rings. The van der Waals surface area contributed by atoms with E-state index in [4.69, 9.17) is 10.5 Å². The average molecular weight is 302 g/mol. The van der Waals surface area contributed by atoms with Crippen molar-refractivity contribution in [2.45, 2.75) is 32.0 Å². The maximum Gasteiger partial charge on any atom is 0.191 e. The highest BCUT2D eigenvalue weighted by atomic mass is 16.5. The van der Waals surface area contributed by atoms with Crippen molar-refractivity contribution in [2.24, 2.45) is 10.7 Å². The van der Waals surface area contributed by atoms with Crippen molar-refractivity contribution in [2.75, 3.05) is 33.4 Å². The second kappa shape index (κ2) is 7.11. The summed E-state index contributed by atoms with van der Waals surface area (Å²) < 4.78 is 5.39. The summed E-state index contributed by atoms with van der Waals surface area (Å²) in [5.74, 6) is 0.654. The number of nitrogens with zero attached hydrogens (tertiary/aromatic N) is 3. The fraction of sp³-hybridized carbons (Fsp3) is 0.588. The lowest BCUT2D eigenvalue weighted by molar-refractivity contribution is 0.0342. The summed E-state index contributed by atoms with van der Waals surface area (Å²) in [5.41, 5.74) is 8.60. The SMILES string of the molecule is CN(C(N)=NCc1cccc(CN2CCOCC2)c1)C1CC1. The van der Waals surface area contributed by atoms with Gasteiger partial charge in [-0.25, -0.2) is 4.99 Å². The second-order valence-corrected chi connectivity index (χ2v) is 6.22. The van der Waals surface area contributed by atoms with Crippen LogP contribution in [0.15, 0.2) is 29.3 Å². The van der Waals surface area contributed by atoms with Crippen LogP contribution >= 0.6 is 0 Å². The molecule has 1 aliphatic heterocycles. The molecule has 2 fully saturated rings. The topological polar surface area (TPSA) is 54.1 Å². The second-order valence-electron chi connectivity index (χ2n) is 6.22. The van der Waals surface area contributed by atoms with Gasteiger partial charge in [0.25, 0.3) is 0 Å². The number of hydrogen-bond acceptors (Lipinski definition) is 3. The minimum atomic E-state index is 0.608. The summed E-state index contributed by atoms with van der Waals surface area (Å²) in [6, 6.07) is 9.26. The van der Waals surface area contributed by atoms with Crippen molar-refractivity contribution >= 4 is 5.96 Å². The molecule has 1 aliphatic carbocycles. The molecule has 120 valence electrons. The van der Waals surface area contributed by atoms with Crippen LogP contribution in [0.3, 0.4) is 0 Å². The van der Waals surface area contributed by atoms with Gasteiger partial charge in [0.1, 0.15) is 0 Å². The zero-order valence-electron chi connectivity index (χ0n) is 13.4. The smallest absolute Gasteiger partial charge is 0.191 e. The molecule has 1 aromatic carbocycles. The van der Waals surface area contributed by atoms with E-state index in [0.717, 1.165) is 32.8 Å². The third-order valence-electron chi connectivity index (χ3n) is 4.38. The van der Waals surface area contributed by atoms with Crippen LogP contribution in [0.25, 0.3) is 0 Å². The first-order valence-electron chi connectivity index (χ1n) is 8.13. The molecule has 22 heavy (non-hydrogen) atoms. The number of benzene rings is 1. The van der Waals surface area contributed by atoms with E-state index < -0.39 is 0 Å². The summed E-state index contributed by atoms with van der Waals surface area (Å²) in [4.78, 5) is 9.06. The molecule has 0 aromatic heterocycles. The first kappa shape index (κ1) is 15.3. The highest BCUT2D eigenvalue weighted by molar-refractivity contribution is 5.78. The molecule has 1 aromatic rings. The molecule has 1 heterocycles. The lowest BCUT2D eigenvalue weighted by Gasteiger charge is -2.26. The number of ether oxygens (including phenoxy) is 1. The van der Waals surface area contributed by atoms with E-state index >= 15 is 0 Å². The third-order valence-corrected chi connectivity index (χ3v) is 4.38. The third kappa shape index (κ3) is 4.21. The van der Waals surface area contributed by atoms with E-state index in [2.05, 4.69) is 39.1 Å². The average Bonchev–Trinajstić information content (AvgIpc) is 3.38. The Balaban J connectivity index is 1.57. The summed E-state index contributed by atoms with van der Waals surface area (Å²) in [5, 5.41) is 0. The van der Waals surface area contributed by atoms with Crippen molar-refractivity contribution in [3.8, 4) is 0 Å². The van der Waals surface area contributed by atoms with E-state index in [0.29, 0.717) is 18.5 Å². The largest absolute Gasteiger partial charge is 0.379 e. The Morgan fingerprint density at radius 3 is 2.77 bits per heavy atom. The predicted molar refractivity (Wildman–Crippen MR) is 88.6 cm³/mol. The van der Waals surface area contributed by atoms with Crippen molar-refractivity contribution in [3.63, 3.8) is 0 Å². The van der Waals surface area contributed by atoms with Gasteiger partial charge in [-0.1, -0.05) is 24.3 Å². The van der Waals surface area contributed by atoms with Gasteiger partial charge in [-0.3, -0.25) is 4.90 Å². The number of rotatable bonds is 5. The lowest BCUT2D eigenvalue weighted by atomic mass is 10.1. The molecule has 2 N–H and O–H groups in total. The van der Waals surface area contributed by atoms with E-state index in [1.54, 1.807) is 0 Å². The molecule has 0 amide bonds. The zero-order valence-corrected chi connectivity index (χ0v) is 13.4. The Morgan fingerprint density at radius 2 is 2.05 bits per heavy atom. The number of hydrogen-bond donors (Lipinski definition) is 1. The quantitative estimate of drug-likeness (QED) is 0.660. The predicted octanol–water partition coefficient (Wildman–Crippen LogP) is 1.43. The van der Waals surface area contributed by atoms with E-state index in [1.807, 2.05) is 7.05 Å². The molecule has 5 nitrogen and oxygen atoms in total. The number of guanidine groups is 1. The summed E-state index contributed by atoms with van der Waals surface area (Å²) in [7, 11) is 2.03. The normalized spacial score (nSPS) is 20.1. The molecule has 0 bridgehead atoms. The molecule has 0 atom stereocenters. The highest BCUT2D eigenvalue weighted by Crippen LogP contribution is 2.25. The van der Waals surface area contributed by atoms with Crippen molar-refractivity contribution in [1.82, 2.24) is 9.80 Å². The maximum absolute atomic E-state index is 6.05. The van der Waals surface area contributed by atoms with Gasteiger partial charge in [-0.15, -0.1) is 0 Å². The Bertz CT molecular complexity index is 521. The summed E-state index contributed by atoms with van der Waals surface area (Å²) in [6.45, 7) is 5.35. The Labute approximate surface area is 132 Å². The fourth-order valence-corrected chi connectivity index (χ4v) is 2.78. The number of aliphatic imine (C=N–C) groups is 1. The number of morpholine rings is 1. The summed E-state index contributed by atoms with van der Waals surface area (Å²) in [6.07, 6.45) is 2.48. The van der Waals surface area contributed by atoms with Gasteiger partial charge in [0.15, 0.2) is 5.96 Å². The standard InChI is InChI=1S/C17H26N4O/c1-20(16-5-6-16)17(18)19-12-14-3-2-4-15(11-14)13-21-7-9-22-10-8-21/h2-4,11,16H,5-10,12-13H2,1H3,(H2,18,19). The van der Waals surface area contributed by atoms with Crippen LogP contribution < -0.4 is 5.73 Å².